The van der Waals surface area contributed by atoms with E-state index in [-0.39, 0.29) is 6.61 Å². The Bertz CT molecular complexity index is 1080. The molecule has 0 aliphatic heterocycles. The molecule has 0 amide bonds. The van der Waals surface area contributed by atoms with E-state index in [9.17, 15) is 5.11 Å². The number of aromatic nitrogens is 1. The second-order valence-corrected chi connectivity index (χ2v) is 6.19. The van der Waals surface area contributed by atoms with Gasteiger partial charge in [-0.2, -0.15) is 0 Å². The Kier molecular flexibility index (Phi) is 4.42. The lowest BCUT2D eigenvalue weighted by atomic mass is 10.1. The molecule has 4 nitrogen and oxygen atoms in total. The van der Waals surface area contributed by atoms with Gasteiger partial charge in [-0.1, -0.05) is 30.3 Å². The summed E-state index contributed by atoms with van der Waals surface area (Å²) < 4.78 is 5.35. The van der Waals surface area contributed by atoms with Gasteiger partial charge in [0.05, 0.1) is 23.8 Å². The molecular weight excluding hydrogens is 324 g/mol. The Balaban J connectivity index is 1.89. The monoisotopic (exact) mass is 344 g/mol. The summed E-state index contributed by atoms with van der Waals surface area (Å²) in [4.78, 5) is 4.78. The summed E-state index contributed by atoms with van der Waals surface area (Å²) in [5.74, 6) is 0.788. The molecular formula is C22H20N2O2. The van der Waals surface area contributed by atoms with Crippen molar-refractivity contribution in [3.05, 3.63) is 72.3 Å². The van der Waals surface area contributed by atoms with Gasteiger partial charge < -0.3 is 15.2 Å². The third-order valence-electron chi connectivity index (χ3n) is 4.49. The van der Waals surface area contributed by atoms with Crippen LogP contribution >= 0.6 is 0 Å². The number of nitrogens with one attached hydrogen (secondary N) is 1. The number of rotatable bonds is 5. The van der Waals surface area contributed by atoms with Crippen molar-refractivity contribution in [2.24, 2.45) is 0 Å². The number of pyridine rings is 1. The van der Waals surface area contributed by atoms with Gasteiger partial charge in [-0.25, -0.2) is 4.98 Å². The van der Waals surface area contributed by atoms with Crippen molar-refractivity contribution in [2.75, 3.05) is 19.0 Å². The molecule has 4 aromatic rings. The quantitative estimate of drug-likeness (QED) is 0.516. The van der Waals surface area contributed by atoms with Crippen molar-refractivity contribution in [3.63, 3.8) is 0 Å². The standard InChI is InChI=1S/C22H20N2O2/c1-26-17-9-10-19-21(14-17)24-20-8-3-2-7-18(20)22(19)23-16-6-4-5-15(13-16)11-12-25/h2-10,13-14,25H,11-12H2,1H3,(H,23,24). The number of methoxy groups -OCH3 is 1. The zero-order valence-electron chi connectivity index (χ0n) is 14.6. The zero-order valence-corrected chi connectivity index (χ0v) is 14.6. The summed E-state index contributed by atoms with van der Waals surface area (Å²) in [5, 5.41) is 14.9. The highest BCUT2D eigenvalue weighted by Crippen LogP contribution is 2.34. The van der Waals surface area contributed by atoms with E-state index in [2.05, 4.69) is 17.4 Å². The number of ether oxygens (including phenoxy) is 1. The first-order valence-electron chi connectivity index (χ1n) is 8.62. The lowest BCUT2D eigenvalue weighted by Gasteiger charge is -2.14. The van der Waals surface area contributed by atoms with Crippen LogP contribution < -0.4 is 10.1 Å². The molecule has 1 aromatic heterocycles. The first kappa shape index (κ1) is 16.4. The molecule has 0 radical (unpaired) electrons. The van der Waals surface area contributed by atoms with Gasteiger partial charge in [-0.3, -0.25) is 0 Å². The summed E-state index contributed by atoms with van der Waals surface area (Å²) in [6, 6.07) is 22.2. The van der Waals surface area contributed by atoms with Crippen LogP contribution in [0.3, 0.4) is 0 Å². The molecule has 0 aliphatic carbocycles. The molecule has 26 heavy (non-hydrogen) atoms. The molecule has 0 saturated carbocycles. The Labute approximate surface area is 152 Å². The molecule has 3 aromatic carbocycles. The fourth-order valence-electron chi connectivity index (χ4n) is 3.21. The predicted octanol–water partition coefficient (Wildman–Crippen LogP) is 4.68. The van der Waals surface area contributed by atoms with E-state index in [0.717, 1.165) is 44.5 Å². The van der Waals surface area contributed by atoms with Crippen LogP contribution in [0.5, 0.6) is 5.75 Å². The van der Waals surface area contributed by atoms with Gasteiger partial charge in [-0.05, 0) is 42.3 Å². The van der Waals surface area contributed by atoms with E-state index in [4.69, 9.17) is 9.72 Å². The second kappa shape index (κ2) is 7.02. The molecule has 0 spiro atoms. The van der Waals surface area contributed by atoms with Gasteiger partial charge in [0.2, 0.25) is 0 Å². The topological polar surface area (TPSA) is 54.4 Å². The Morgan fingerprint density at radius 1 is 0.923 bits per heavy atom. The van der Waals surface area contributed by atoms with E-state index in [1.54, 1.807) is 7.11 Å². The van der Waals surface area contributed by atoms with Gasteiger partial charge in [0, 0.05) is 29.1 Å². The molecule has 0 saturated heterocycles. The minimum atomic E-state index is 0.143. The fourth-order valence-corrected chi connectivity index (χ4v) is 3.21. The molecule has 130 valence electrons. The molecule has 0 atom stereocenters. The molecule has 0 bridgehead atoms. The highest BCUT2D eigenvalue weighted by Gasteiger charge is 2.10. The van der Waals surface area contributed by atoms with Crippen LogP contribution in [0.1, 0.15) is 5.56 Å². The van der Waals surface area contributed by atoms with Gasteiger partial charge in [-0.15, -0.1) is 0 Å². The third-order valence-corrected chi connectivity index (χ3v) is 4.49. The first-order chi connectivity index (χ1) is 12.8. The van der Waals surface area contributed by atoms with E-state index < -0.39 is 0 Å². The van der Waals surface area contributed by atoms with Gasteiger partial charge >= 0.3 is 0 Å². The van der Waals surface area contributed by atoms with Crippen molar-refractivity contribution in [3.8, 4) is 5.75 Å². The van der Waals surface area contributed by atoms with Crippen LogP contribution in [0.25, 0.3) is 21.8 Å². The zero-order chi connectivity index (χ0) is 17.9. The number of aliphatic hydroxyl groups is 1. The lowest BCUT2D eigenvalue weighted by Crippen LogP contribution is -1.97. The molecule has 0 aliphatic rings. The molecule has 2 N–H and O–H groups in total. The number of hydrogen-bond acceptors (Lipinski definition) is 4. The van der Waals surface area contributed by atoms with Crippen LogP contribution in [-0.2, 0) is 6.42 Å². The number of nitrogens with zero attached hydrogens (tertiary/aromatic N) is 1. The highest BCUT2D eigenvalue weighted by atomic mass is 16.5. The van der Waals surface area contributed by atoms with Crippen molar-refractivity contribution < 1.29 is 9.84 Å². The van der Waals surface area contributed by atoms with Crippen LogP contribution in [0, 0.1) is 0 Å². The Morgan fingerprint density at radius 2 is 1.77 bits per heavy atom. The number of fused-ring (bicyclic) bond motifs is 2. The predicted molar refractivity (Wildman–Crippen MR) is 106 cm³/mol. The average molecular weight is 344 g/mol. The van der Waals surface area contributed by atoms with Crippen LogP contribution in [0.4, 0.5) is 11.4 Å². The summed E-state index contributed by atoms with van der Waals surface area (Å²) in [5.41, 5.74) is 4.93. The molecule has 4 heteroatoms. The van der Waals surface area contributed by atoms with Gasteiger partial charge in [0.1, 0.15) is 5.75 Å². The molecule has 0 unspecified atom stereocenters. The van der Waals surface area contributed by atoms with E-state index in [1.807, 2.05) is 54.6 Å². The SMILES string of the molecule is COc1ccc2c(Nc3cccc(CCO)c3)c3ccccc3nc2c1. The minimum Gasteiger partial charge on any atom is -0.497 e. The maximum absolute atomic E-state index is 9.19. The smallest absolute Gasteiger partial charge is 0.121 e. The highest BCUT2D eigenvalue weighted by molar-refractivity contribution is 6.08. The van der Waals surface area contributed by atoms with Gasteiger partial charge in [0.25, 0.3) is 0 Å². The maximum atomic E-state index is 9.19. The lowest BCUT2D eigenvalue weighted by molar-refractivity contribution is 0.299. The first-order valence-corrected chi connectivity index (χ1v) is 8.62. The largest absolute Gasteiger partial charge is 0.497 e. The number of para-hydroxylation sites is 1. The summed E-state index contributed by atoms with van der Waals surface area (Å²) in [6.45, 7) is 0.143. The van der Waals surface area contributed by atoms with E-state index in [1.165, 1.54) is 0 Å². The number of anilines is 2. The minimum absolute atomic E-state index is 0.143. The summed E-state index contributed by atoms with van der Waals surface area (Å²) >= 11 is 0. The van der Waals surface area contributed by atoms with E-state index in [0.29, 0.717) is 6.42 Å². The van der Waals surface area contributed by atoms with Crippen molar-refractivity contribution >= 4 is 33.2 Å². The van der Waals surface area contributed by atoms with Gasteiger partial charge in [0.15, 0.2) is 0 Å². The van der Waals surface area contributed by atoms with Crippen molar-refractivity contribution in [1.29, 1.82) is 0 Å². The van der Waals surface area contributed by atoms with Crippen LogP contribution in [-0.4, -0.2) is 23.8 Å². The normalized spacial score (nSPS) is 11.0. The maximum Gasteiger partial charge on any atom is 0.121 e. The van der Waals surface area contributed by atoms with E-state index >= 15 is 0 Å². The number of benzene rings is 3. The summed E-state index contributed by atoms with van der Waals surface area (Å²) in [7, 11) is 1.66. The molecule has 4 rings (SSSR count). The number of aliphatic hydroxyl groups excluding tert-OH is 1. The Hall–Kier alpha value is -3.11. The molecule has 0 fully saturated rings. The third kappa shape index (κ3) is 3.07. The van der Waals surface area contributed by atoms with Crippen LogP contribution in [0.2, 0.25) is 0 Å². The average Bonchev–Trinajstić information content (AvgIpc) is 2.68. The van der Waals surface area contributed by atoms with Crippen LogP contribution in [0.15, 0.2) is 66.7 Å². The number of hydrogen-bond donors (Lipinski definition) is 2. The summed E-state index contributed by atoms with van der Waals surface area (Å²) in [6.07, 6.45) is 0.643. The van der Waals surface area contributed by atoms with Crippen molar-refractivity contribution in [2.45, 2.75) is 6.42 Å². The Morgan fingerprint density at radius 3 is 2.62 bits per heavy atom. The second-order valence-electron chi connectivity index (χ2n) is 6.19. The molecule has 1 heterocycles. The fraction of sp³-hybridized carbons (Fsp3) is 0.136. The van der Waals surface area contributed by atoms with Crippen molar-refractivity contribution in [1.82, 2.24) is 4.98 Å².